The number of hydrogen-bond donors (Lipinski definition) is 2. The number of halogens is 1. The van der Waals surface area contributed by atoms with Gasteiger partial charge in [0.2, 0.25) is 0 Å². The van der Waals surface area contributed by atoms with Gasteiger partial charge in [0.25, 0.3) is 5.91 Å². The minimum atomic E-state index is -0.520. The summed E-state index contributed by atoms with van der Waals surface area (Å²) in [6, 6.07) is 5.29. The Morgan fingerprint density at radius 1 is 1.44 bits per heavy atom. The maximum atomic E-state index is 11.8. The van der Waals surface area contributed by atoms with Gasteiger partial charge in [-0.1, -0.05) is 17.7 Å². The fourth-order valence-electron chi connectivity index (χ4n) is 1.70. The summed E-state index contributed by atoms with van der Waals surface area (Å²) in [5.41, 5.74) is 11.4. The molecule has 0 saturated carbocycles. The Morgan fingerprint density at radius 2 is 2.17 bits per heavy atom. The van der Waals surface area contributed by atoms with Gasteiger partial charge in [-0.2, -0.15) is 4.99 Å². The first-order valence-electron chi connectivity index (χ1n) is 5.29. The van der Waals surface area contributed by atoms with Gasteiger partial charge >= 0.3 is 0 Å². The van der Waals surface area contributed by atoms with Crippen molar-refractivity contribution in [3.8, 4) is 5.75 Å². The predicted molar refractivity (Wildman–Crippen MR) is 70.3 cm³/mol. The van der Waals surface area contributed by atoms with Gasteiger partial charge in [-0.25, -0.2) is 0 Å². The van der Waals surface area contributed by atoms with Crippen molar-refractivity contribution >= 4 is 29.5 Å². The quantitative estimate of drug-likeness (QED) is 0.592. The van der Waals surface area contributed by atoms with E-state index in [1.165, 1.54) is 0 Å². The van der Waals surface area contributed by atoms with Gasteiger partial charge in [0.05, 0.1) is 10.6 Å². The number of amides is 1. The van der Waals surface area contributed by atoms with Crippen molar-refractivity contribution < 1.29 is 9.53 Å². The van der Waals surface area contributed by atoms with Crippen LogP contribution in [0, 0.1) is 0 Å². The molecule has 0 fully saturated rings. The average molecular weight is 266 g/mol. The van der Waals surface area contributed by atoms with Crippen LogP contribution >= 0.6 is 11.6 Å². The van der Waals surface area contributed by atoms with Crippen LogP contribution in [-0.2, 0) is 4.79 Å². The van der Waals surface area contributed by atoms with E-state index in [9.17, 15) is 4.79 Å². The molecule has 2 rings (SSSR count). The van der Waals surface area contributed by atoms with E-state index in [0.717, 1.165) is 0 Å². The molecule has 0 spiro atoms. The second-order valence-electron chi connectivity index (χ2n) is 3.85. The summed E-state index contributed by atoms with van der Waals surface area (Å²) in [5, 5.41) is 0.509. The fraction of sp³-hybridized carbons (Fsp3) is 0.167. The van der Waals surface area contributed by atoms with Crippen LogP contribution in [0.15, 0.2) is 28.8 Å². The van der Waals surface area contributed by atoms with Crippen LogP contribution in [-0.4, -0.2) is 18.0 Å². The highest BCUT2D eigenvalue weighted by Crippen LogP contribution is 2.34. The molecule has 0 bridgehead atoms. The van der Waals surface area contributed by atoms with Crippen molar-refractivity contribution in [2.45, 2.75) is 13.0 Å². The van der Waals surface area contributed by atoms with Crippen LogP contribution in [0.4, 0.5) is 0 Å². The molecule has 1 amide bonds. The van der Waals surface area contributed by atoms with Gasteiger partial charge in [0.1, 0.15) is 11.9 Å². The van der Waals surface area contributed by atoms with Crippen molar-refractivity contribution in [2.75, 3.05) is 0 Å². The largest absolute Gasteiger partial charge is 0.485 e. The van der Waals surface area contributed by atoms with Crippen LogP contribution in [0.5, 0.6) is 5.75 Å². The Hall–Kier alpha value is -2.01. The summed E-state index contributed by atoms with van der Waals surface area (Å²) in [4.78, 5) is 15.3. The summed E-state index contributed by atoms with van der Waals surface area (Å²) in [6.07, 6.45) is 1.23. The molecule has 0 aromatic heterocycles. The van der Waals surface area contributed by atoms with Crippen LogP contribution in [0.25, 0.3) is 6.08 Å². The lowest BCUT2D eigenvalue weighted by Crippen LogP contribution is -2.28. The molecule has 18 heavy (non-hydrogen) atoms. The standard InChI is InChI=1S/C12H12ClN3O2/c1-6-7(11(17)16-12(14)15)5-8-9(13)3-2-4-10(8)18-6/h2-6H,1H3,(H4,14,15,16,17). The Balaban J connectivity index is 2.47. The lowest BCUT2D eigenvalue weighted by Gasteiger charge is -2.23. The summed E-state index contributed by atoms with van der Waals surface area (Å²) < 4.78 is 5.60. The van der Waals surface area contributed by atoms with Crippen molar-refractivity contribution in [1.29, 1.82) is 0 Å². The molecule has 1 aliphatic rings. The highest BCUT2D eigenvalue weighted by atomic mass is 35.5. The zero-order valence-electron chi connectivity index (χ0n) is 9.68. The van der Waals surface area contributed by atoms with E-state index in [1.807, 2.05) is 0 Å². The maximum Gasteiger partial charge on any atom is 0.279 e. The van der Waals surface area contributed by atoms with Gasteiger partial charge in [-0.3, -0.25) is 4.79 Å². The number of carbonyl (C=O) groups is 1. The van der Waals surface area contributed by atoms with E-state index in [-0.39, 0.29) is 5.96 Å². The Labute approximate surface area is 109 Å². The number of benzene rings is 1. The monoisotopic (exact) mass is 265 g/mol. The summed E-state index contributed by atoms with van der Waals surface area (Å²) in [5.74, 6) is -0.164. The zero-order valence-corrected chi connectivity index (χ0v) is 10.4. The number of guanidine groups is 1. The molecule has 6 heteroatoms. The molecule has 1 aliphatic heterocycles. The lowest BCUT2D eigenvalue weighted by atomic mass is 10.0. The molecule has 0 aliphatic carbocycles. The van der Waals surface area contributed by atoms with Crippen molar-refractivity contribution in [2.24, 2.45) is 16.5 Å². The maximum absolute atomic E-state index is 11.8. The average Bonchev–Trinajstić information content (AvgIpc) is 2.27. The highest BCUT2D eigenvalue weighted by molar-refractivity contribution is 6.32. The third-order valence-electron chi connectivity index (χ3n) is 2.53. The number of ether oxygens (including phenoxy) is 1. The third kappa shape index (κ3) is 2.31. The van der Waals surface area contributed by atoms with Crippen LogP contribution in [0.1, 0.15) is 12.5 Å². The SMILES string of the molecule is CC1Oc2cccc(Cl)c2C=C1C(=O)N=C(N)N. The molecule has 1 aromatic carbocycles. The van der Waals surface area contributed by atoms with Crippen LogP contribution < -0.4 is 16.2 Å². The second kappa shape index (κ2) is 4.70. The molecule has 0 radical (unpaired) electrons. The number of fused-ring (bicyclic) bond motifs is 1. The summed E-state index contributed by atoms with van der Waals surface area (Å²) >= 11 is 6.04. The van der Waals surface area contributed by atoms with Crippen molar-refractivity contribution in [3.63, 3.8) is 0 Å². The normalized spacial score (nSPS) is 17.2. The summed E-state index contributed by atoms with van der Waals surface area (Å²) in [7, 11) is 0. The Morgan fingerprint density at radius 3 is 2.83 bits per heavy atom. The smallest absolute Gasteiger partial charge is 0.279 e. The number of nitrogens with zero attached hydrogens (tertiary/aromatic N) is 1. The first-order chi connectivity index (χ1) is 8.49. The van der Waals surface area contributed by atoms with E-state index in [1.54, 1.807) is 31.2 Å². The first kappa shape index (κ1) is 12.4. The fourth-order valence-corrected chi connectivity index (χ4v) is 1.92. The van der Waals surface area contributed by atoms with E-state index in [2.05, 4.69) is 4.99 Å². The molecule has 1 heterocycles. The van der Waals surface area contributed by atoms with Gasteiger partial charge < -0.3 is 16.2 Å². The van der Waals surface area contributed by atoms with E-state index in [0.29, 0.717) is 21.9 Å². The van der Waals surface area contributed by atoms with Crippen molar-refractivity contribution in [1.82, 2.24) is 0 Å². The zero-order chi connectivity index (χ0) is 13.3. The van der Waals surface area contributed by atoms with Gasteiger partial charge in [0.15, 0.2) is 5.96 Å². The number of rotatable bonds is 1. The molecule has 4 N–H and O–H groups in total. The van der Waals surface area contributed by atoms with E-state index >= 15 is 0 Å². The molecular formula is C12H12ClN3O2. The minimum absolute atomic E-state index is 0.280. The Bertz CT molecular complexity index is 562. The number of nitrogens with two attached hydrogens (primary N) is 2. The number of hydrogen-bond acceptors (Lipinski definition) is 2. The highest BCUT2D eigenvalue weighted by Gasteiger charge is 2.25. The van der Waals surface area contributed by atoms with Crippen LogP contribution in [0.2, 0.25) is 5.02 Å². The van der Waals surface area contributed by atoms with Gasteiger partial charge in [-0.05, 0) is 25.1 Å². The number of carbonyl (C=O) groups excluding carboxylic acids is 1. The Kier molecular flexibility index (Phi) is 3.25. The molecule has 1 atom stereocenters. The summed E-state index contributed by atoms with van der Waals surface area (Å²) in [6.45, 7) is 1.75. The molecule has 0 saturated heterocycles. The van der Waals surface area contributed by atoms with Gasteiger partial charge in [0, 0.05) is 5.56 Å². The molecular weight excluding hydrogens is 254 g/mol. The van der Waals surface area contributed by atoms with E-state index < -0.39 is 12.0 Å². The minimum Gasteiger partial charge on any atom is -0.485 e. The molecule has 1 unspecified atom stereocenters. The lowest BCUT2D eigenvalue weighted by molar-refractivity contribution is -0.115. The van der Waals surface area contributed by atoms with E-state index in [4.69, 9.17) is 27.8 Å². The second-order valence-corrected chi connectivity index (χ2v) is 4.26. The molecule has 5 nitrogen and oxygen atoms in total. The third-order valence-corrected chi connectivity index (χ3v) is 2.86. The molecule has 1 aromatic rings. The predicted octanol–water partition coefficient (Wildman–Crippen LogP) is 1.30. The number of aliphatic imine (C=N–C) groups is 1. The first-order valence-corrected chi connectivity index (χ1v) is 5.67. The van der Waals surface area contributed by atoms with Crippen molar-refractivity contribution in [3.05, 3.63) is 34.4 Å². The molecule has 94 valence electrons. The van der Waals surface area contributed by atoms with Crippen LogP contribution in [0.3, 0.4) is 0 Å². The van der Waals surface area contributed by atoms with Gasteiger partial charge in [-0.15, -0.1) is 0 Å². The topological polar surface area (TPSA) is 90.7 Å².